The monoisotopic (exact) mass is 316 g/mol. The van der Waals surface area contributed by atoms with Crippen molar-refractivity contribution in [1.82, 2.24) is 0 Å². The molecule has 3 heteroatoms. The van der Waals surface area contributed by atoms with Crippen molar-refractivity contribution in [3.05, 3.63) is 90.0 Å². The second-order valence-corrected chi connectivity index (χ2v) is 6.58. The third-order valence-corrected chi connectivity index (χ3v) is 4.87. The van der Waals surface area contributed by atoms with Crippen molar-refractivity contribution in [3.63, 3.8) is 0 Å². The van der Waals surface area contributed by atoms with Crippen LogP contribution in [0.15, 0.2) is 83.9 Å². The van der Waals surface area contributed by atoms with E-state index in [0.717, 1.165) is 4.91 Å². The van der Waals surface area contributed by atoms with Gasteiger partial charge in [0.1, 0.15) is 0 Å². The van der Waals surface area contributed by atoms with Gasteiger partial charge in [-0.1, -0.05) is 78.5 Å². The smallest absolute Gasteiger partial charge is 0.159 e. The van der Waals surface area contributed by atoms with Gasteiger partial charge in [0, 0.05) is 4.91 Å². The fourth-order valence-corrected chi connectivity index (χ4v) is 3.65. The molecule has 0 amide bonds. The summed E-state index contributed by atoms with van der Waals surface area (Å²) in [4.78, 5) is 5.78. The van der Waals surface area contributed by atoms with Crippen molar-refractivity contribution in [2.24, 2.45) is 10.7 Å². The van der Waals surface area contributed by atoms with Gasteiger partial charge < -0.3 is 5.73 Å². The zero-order valence-corrected chi connectivity index (χ0v) is 13.3. The van der Waals surface area contributed by atoms with Gasteiger partial charge in [0.25, 0.3) is 0 Å². The molecule has 0 aliphatic carbocycles. The maximum atomic E-state index is 6.07. The first kappa shape index (κ1) is 14.1. The van der Waals surface area contributed by atoms with Crippen LogP contribution < -0.4 is 5.73 Å². The maximum Gasteiger partial charge on any atom is 0.159 e. The van der Waals surface area contributed by atoms with Gasteiger partial charge in [-0.2, -0.15) is 0 Å². The van der Waals surface area contributed by atoms with Gasteiger partial charge in [0.15, 0.2) is 5.17 Å². The molecule has 0 radical (unpaired) electrons. The van der Waals surface area contributed by atoms with Gasteiger partial charge in [-0.05, 0) is 34.0 Å². The lowest BCUT2D eigenvalue weighted by molar-refractivity contribution is 0.918. The Kier molecular flexibility index (Phi) is 3.64. The molecule has 4 rings (SSSR count). The molecule has 2 nitrogen and oxygen atoms in total. The molecule has 0 saturated carbocycles. The van der Waals surface area contributed by atoms with Gasteiger partial charge in [-0.25, -0.2) is 0 Å². The van der Waals surface area contributed by atoms with Crippen LogP contribution in [0.4, 0.5) is 0 Å². The summed E-state index contributed by atoms with van der Waals surface area (Å²) >= 11 is 1.53. The second kappa shape index (κ2) is 5.94. The number of nitrogens with two attached hydrogens (primary N) is 1. The fourth-order valence-electron chi connectivity index (χ4n) is 2.81. The quantitative estimate of drug-likeness (QED) is 0.724. The number of aliphatic imine (C=N–C) groups is 1. The molecule has 2 N–H and O–H groups in total. The lowest BCUT2D eigenvalue weighted by Crippen LogP contribution is -2.12. The van der Waals surface area contributed by atoms with E-state index in [1.54, 1.807) is 0 Å². The Morgan fingerprint density at radius 3 is 2.39 bits per heavy atom. The van der Waals surface area contributed by atoms with Gasteiger partial charge in [-0.3, -0.25) is 4.99 Å². The molecule has 23 heavy (non-hydrogen) atoms. The topological polar surface area (TPSA) is 38.4 Å². The SMILES string of the molecule is NC1=NC(c2ccc3ccccc3c2)C=C(c2ccccc2)S1. The molecule has 0 fully saturated rings. The van der Waals surface area contributed by atoms with E-state index in [4.69, 9.17) is 5.73 Å². The first-order chi connectivity index (χ1) is 11.3. The average molecular weight is 316 g/mol. The number of amidine groups is 1. The molecule has 1 heterocycles. The number of thioether (sulfide) groups is 1. The minimum absolute atomic E-state index is 0.0314. The molecule has 1 unspecified atom stereocenters. The van der Waals surface area contributed by atoms with Crippen LogP contribution in [-0.4, -0.2) is 5.17 Å². The third-order valence-electron chi connectivity index (χ3n) is 3.96. The molecule has 0 aromatic heterocycles. The molecular formula is C20H16N2S. The highest BCUT2D eigenvalue weighted by molar-refractivity contribution is 8.21. The van der Waals surface area contributed by atoms with E-state index in [0.29, 0.717) is 5.17 Å². The van der Waals surface area contributed by atoms with Crippen LogP contribution in [0.2, 0.25) is 0 Å². The molecule has 0 bridgehead atoms. The van der Waals surface area contributed by atoms with E-state index in [1.807, 2.05) is 18.2 Å². The maximum absolute atomic E-state index is 6.07. The van der Waals surface area contributed by atoms with E-state index in [9.17, 15) is 0 Å². The third kappa shape index (κ3) is 2.88. The van der Waals surface area contributed by atoms with Crippen LogP contribution in [-0.2, 0) is 0 Å². The average Bonchev–Trinajstić information content (AvgIpc) is 2.61. The zero-order chi connectivity index (χ0) is 15.6. The van der Waals surface area contributed by atoms with Crippen LogP contribution in [0, 0.1) is 0 Å². The molecule has 3 aromatic rings. The van der Waals surface area contributed by atoms with E-state index >= 15 is 0 Å². The Labute approximate surface area is 139 Å². The summed E-state index contributed by atoms with van der Waals surface area (Å²) in [5.41, 5.74) is 8.42. The number of hydrogen-bond donors (Lipinski definition) is 1. The van der Waals surface area contributed by atoms with E-state index < -0.39 is 0 Å². The molecule has 112 valence electrons. The van der Waals surface area contributed by atoms with Crippen molar-refractivity contribution in [2.75, 3.05) is 0 Å². The van der Waals surface area contributed by atoms with Crippen molar-refractivity contribution >= 4 is 32.6 Å². The predicted molar refractivity (Wildman–Crippen MR) is 100 cm³/mol. The highest BCUT2D eigenvalue weighted by Crippen LogP contribution is 2.37. The summed E-state index contributed by atoms with van der Waals surface area (Å²) in [6, 6.07) is 25.2. The summed E-state index contributed by atoms with van der Waals surface area (Å²) in [6.45, 7) is 0. The Bertz CT molecular complexity index is 913. The molecule has 0 spiro atoms. The number of rotatable bonds is 2. The summed E-state index contributed by atoms with van der Waals surface area (Å²) in [7, 11) is 0. The normalized spacial score (nSPS) is 17.7. The minimum Gasteiger partial charge on any atom is -0.378 e. The van der Waals surface area contributed by atoms with Crippen molar-refractivity contribution < 1.29 is 0 Å². The minimum atomic E-state index is -0.0314. The van der Waals surface area contributed by atoms with Crippen LogP contribution in [0.3, 0.4) is 0 Å². The Hall–Kier alpha value is -2.52. The Balaban J connectivity index is 1.76. The standard InChI is InChI=1S/C20H16N2S/c21-20-22-18(13-19(23-20)15-7-2-1-3-8-15)17-11-10-14-6-4-5-9-16(14)12-17/h1-13,18H,(H2,21,22). The Morgan fingerprint density at radius 1 is 0.826 bits per heavy atom. The number of benzene rings is 3. The van der Waals surface area contributed by atoms with Gasteiger partial charge in [0.05, 0.1) is 6.04 Å². The summed E-state index contributed by atoms with van der Waals surface area (Å²) < 4.78 is 0. The number of hydrogen-bond acceptors (Lipinski definition) is 3. The van der Waals surface area contributed by atoms with Crippen LogP contribution in [0.25, 0.3) is 15.7 Å². The molecular weight excluding hydrogens is 300 g/mol. The largest absolute Gasteiger partial charge is 0.378 e. The molecule has 1 aliphatic rings. The van der Waals surface area contributed by atoms with Crippen molar-refractivity contribution in [1.29, 1.82) is 0 Å². The first-order valence-electron chi connectivity index (χ1n) is 7.57. The fraction of sp³-hybridized carbons (Fsp3) is 0.0500. The molecule has 1 aliphatic heterocycles. The van der Waals surface area contributed by atoms with Crippen LogP contribution in [0.1, 0.15) is 17.2 Å². The molecule has 0 saturated heterocycles. The lowest BCUT2D eigenvalue weighted by atomic mass is 10.0. The van der Waals surface area contributed by atoms with Crippen LogP contribution in [0.5, 0.6) is 0 Å². The van der Waals surface area contributed by atoms with Crippen LogP contribution >= 0.6 is 11.8 Å². The summed E-state index contributed by atoms with van der Waals surface area (Å²) in [5, 5.41) is 3.09. The van der Waals surface area contributed by atoms with Gasteiger partial charge in [0.2, 0.25) is 0 Å². The Morgan fingerprint density at radius 2 is 1.57 bits per heavy atom. The molecule has 3 aromatic carbocycles. The van der Waals surface area contributed by atoms with E-state index in [-0.39, 0.29) is 6.04 Å². The predicted octanol–water partition coefficient (Wildman–Crippen LogP) is 4.98. The van der Waals surface area contributed by atoms with E-state index in [2.05, 4.69) is 65.7 Å². The first-order valence-corrected chi connectivity index (χ1v) is 8.38. The lowest BCUT2D eigenvalue weighted by Gasteiger charge is -2.19. The highest BCUT2D eigenvalue weighted by Gasteiger charge is 2.17. The molecule has 1 atom stereocenters. The highest BCUT2D eigenvalue weighted by atomic mass is 32.2. The van der Waals surface area contributed by atoms with Crippen molar-refractivity contribution in [3.8, 4) is 0 Å². The second-order valence-electron chi connectivity index (χ2n) is 5.52. The number of fused-ring (bicyclic) bond motifs is 1. The summed E-state index contributed by atoms with van der Waals surface area (Å²) in [5.74, 6) is 0. The van der Waals surface area contributed by atoms with E-state index in [1.165, 1.54) is 33.7 Å². The summed E-state index contributed by atoms with van der Waals surface area (Å²) in [6.07, 6.45) is 2.19. The van der Waals surface area contributed by atoms with Gasteiger partial charge in [-0.15, -0.1) is 0 Å². The van der Waals surface area contributed by atoms with Crippen molar-refractivity contribution in [2.45, 2.75) is 6.04 Å². The zero-order valence-electron chi connectivity index (χ0n) is 12.5. The van der Waals surface area contributed by atoms with Gasteiger partial charge >= 0.3 is 0 Å². The number of nitrogens with zero attached hydrogens (tertiary/aromatic N) is 1.